The van der Waals surface area contributed by atoms with E-state index in [2.05, 4.69) is 28.5 Å². The van der Waals surface area contributed by atoms with Gasteiger partial charge in [-0.15, -0.1) is 0 Å². The maximum absolute atomic E-state index is 6.23. The number of nitrogens with two attached hydrogens (primary N) is 1. The lowest BCUT2D eigenvalue weighted by molar-refractivity contribution is 0.106. The van der Waals surface area contributed by atoms with Gasteiger partial charge in [0.25, 0.3) is 0 Å². The smallest absolute Gasteiger partial charge is 0.125 e. The highest BCUT2D eigenvalue weighted by atomic mass is 15.4. The highest BCUT2D eigenvalue weighted by Crippen LogP contribution is 2.29. The first-order valence-electron chi connectivity index (χ1n) is 6.45. The lowest BCUT2D eigenvalue weighted by Crippen LogP contribution is -2.47. The van der Waals surface area contributed by atoms with Gasteiger partial charge in [0.15, 0.2) is 0 Å². The van der Waals surface area contributed by atoms with Crippen molar-refractivity contribution in [2.24, 2.45) is 0 Å². The highest BCUT2D eigenvalue weighted by molar-refractivity contribution is 5.45. The first kappa shape index (κ1) is 11.0. The molecule has 0 amide bonds. The van der Waals surface area contributed by atoms with Crippen LogP contribution in [0.15, 0.2) is 0 Å². The van der Waals surface area contributed by atoms with Crippen molar-refractivity contribution in [1.82, 2.24) is 19.6 Å². The number of nitrogens with zero attached hydrogens (tertiary/aromatic N) is 4. The molecule has 0 saturated carbocycles. The van der Waals surface area contributed by atoms with Crippen molar-refractivity contribution in [3.05, 3.63) is 11.3 Å². The third-order valence-corrected chi connectivity index (χ3v) is 4.03. The summed E-state index contributed by atoms with van der Waals surface area (Å²) < 4.78 is 2.07. The quantitative estimate of drug-likeness (QED) is 0.802. The fourth-order valence-electron chi connectivity index (χ4n) is 2.80. The summed E-state index contributed by atoms with van der Waals surface area (Å²) in [4.78, 5) is 4.72. The largest absolute Gasteiger partial charge is 0.384 e. The molecule has 0 atom stereocenters. The van der Waals surface area contributed by atoms with E-state index in [4.69, 9.17) is 10.8 Å². The Balaban J connectivity index is 1.82. The molecule has 2 aliphatic heterocycles. The summed E-state index contributed by atoms with van der Waals surface area (Å²) in [5.41, 5.74) is 8.71. The number of rotatable bonds is 2. The first-order chi connectivity index (χ1) is 8.19. The molecular formula is C12H21N5. The van der Waals surface area contributed by atoms with E-state index in [-0.39, 0.29) is 0 Å². The third-order valence-electron chi connectivity index (χ3n) is 4.03. The number of fused-ring (bicyclic) bond motifs is 1. The molecular weight excluding hydrogens is 214 g/mol. The van der Waals surface area contributed by atoms with E-state index in [1.807, 2.05) is 0 Å². The minimum Gasteiger partial charge on any atom is -0.384 e. The van der Waals surface area contributed by atoms with Crippen LogP contribution in [0.5, 0.6) is 0 Å². The average molecular weight is 235 g/mol. The second-order valence-corrected chi connectivity index (χ2v) is 5.25. The maximum atomic E-state index is 6.23. The summed E-state index contributed by atoms with van der Waals surface area (Å²) in [6.45, 7) is 7.54. The zero-order valence-electron chi connectivity index (χ0n) is 10.7. The predicted molar refractivity (Wildman–Crippen MR) is 67.8 cm³/mol. The maximum Gasteiger partial charge on any atom is 0.125 e. The van der Waals surface area contributed by atoms with Gasteiger partial charge < -0.3 is 10.6 Å². The first-order valence-corrected chi connectivity index (χ1v) is 6.45. The van der Waals surface area contributed by atoms with E-state index < -0.39 is 0 Å². The molecule has 0 spiro atoms. The van der Waals surface area contributed by atoms with Crippen molar-refractivity contribution in [2.45, 2.75) is 25.9 Å². The number of hydrogen-bond acceptors (Lipinski definition) is 4. The van der Waals surface area contributed by atoms with Gasteiger partial charge in [0, 0.05) is 31.7 Å². The Kier molecular flexibility index (Phi) is 2.60. The van der Waals surface area contributed by atoms with Gasteiger partial charge in [-0.05, 0) is 20.0 Å². The molecule has 5 heteroatoms. The Bertz CT molecular complexity index is 419. The number of likely N-dealkylation sites (tertiary alicyclic amines) is 1. The molecule has 2 aliphatic rings. The fraction of sp³-hybridized carbons (Fsp3) is 0.750. The van der Waals surface area contributed by atoms with Crippen molar-refractivity contribution in [3.8, 4) is 0 Å². The molecule has 1 saturated heterocycles. The van der Waals surface area contributed by atoms with Gasteiger partial charge in [0.05, 0.1) is 11.7 Å². The van der Waals surface area contributed by atoms with Crippen LogP contribution in [0.25, 0.3) is 0 Å². The monoisotopic (exact) mass is 235 g/mol. The molecule has 0 unspecified atom stereocenters. The molecule has 1 aromatic rings. The number of nitrogen functional groups attached to an aromatic ring is 1. The van der Waals surface area contributed by atoms with Crippen LogP contribution in [0.3, 0.4) is 0 Å². The second-order valence-electron chi connectivity index (χ2n) is 5.25. The van der Waals surface area contributed by atoms with Gasteiger partial charge in [-0.2, -0.15) is 5.10 Å². The fourth-order valence-corrected chi connectivity index (χ4v) is 2.80. The Morgan fingerprint density at radius 2 is 2.18 bits per heavy atom. The SMILES string of the molecule is CCN1CC(n2nc3c(c2N)CCN(C)C3)C1. The molecule has 0 aliphatic carbocycles. The highest BCUT2D eigenvalue weighted by Gasteiger charge is 2.31. The van der Waals surface area contributed by atoms with Gasteiger partial charge in [-0.25, -0.2) is 4.68 Å². The molecule has 0 aromatic carbocycles. The van der Waals surface area contributed by atoms with E-state index >= 15 is 0 Å². The summed E-state index contributed by atoms with van der Waals surface area (Å²) in [6, 6.07) is 0.492. The number of hydrogen-bond donors (Lipinski definition) is 1. The zero-order valence-corrected chi connectivity index (χ0v) is 10.7. The van der Waals surface area contributed by atoms with Crippen LogP contribution < -0.4 is 5.73 Å². The molecule has 5 nitrogen and oxygen atoms in total. The van der Waals surface area contributed by atoms with E-state index in [9.17, 15) is 0 Å². The van der Waals surface area contributed by atoms with Gasteiger partial charge in [-0.3, -0.25) is 4.90 Å². The third kappa shape index (κ3) is 1.73. The Hall–Kier alpha value is -1.07. The second kappa shape index (κ2) is 3.99. The van der Waals surface area contributed by atoms with Crippen molar-refractivity contribution in [1.29, 1.82) is 0 Å². The average Bonchev–Trinajstić information content (AvgIpc) is 2.54. The van der Waals surface area contributed by atoms with Crippen LogP contribution in [-0.4, -0.2) is 52.8 Å². The summed E-state index contributed by atoms with van der Waals surface area (Å²) in [5, 5.41) is 4.71. The van der Waals surface area contributed by atoms with Crippen LogP contribution in [-0.2, 0) is 13.0 Å². The molecule has 2 N–H and O–H groups in total. The Morgan fingerprint density at radius 3 is 2.88 bits per heavy atom. The minimum atomic E-state index is 0.492. The number of anilines is 1. The standard InChI is InChI=1S/C12H21N5/c1-3-16-6-9(7-16)17-12(13)10-4-5-15(2)8-11(10)14-17/h9H,3-8,13H2,1-2H3. The van der Waals surface area contributed by atoms with E-state index in [0.29, 0.717) is 6.04 Å². The lowest BCUT2D eigenvalue weighted by atomic mass is 10.1. The summed E-state index contributed by atoms with van der Waals surface area (Å²) >= 11 is 0. The van der Waals surface area contributed by atoms with Gasteiger partial charge in [0.1, 0.15) is 5.82 Å². The Morgan fingerprint density at radius 1 is 1.41 bits per heavy atom. The van der Waals surface area contributed by atoms with E-state index in [1.165, 1.54) is 11.3 Å². The summed E-state index contributed by atoms with van der Waals surface area (Å²) in [6.07, 6.45) is 1.04. The molecule has 3 rings (SSSR count). The van der Waals surface area contributed by atoms with Crippen LogP contribution >= 0.6 is 0 Å². The predicted octanol–water partition coefficient (Wildman–Crippen LogP) is 0.330. The zero-order chi connectivity index (χ0) is 12.0. The molecule has 3 heterocycles. The summed E-state index contributed by atoms with van der Waals surface area (Å²) in [7, 11) is 2.14. The molecule has 0 radical (unpaired) electrons. The molecule has 1 fully saturated rings. The van der Waals surface area contributed by atoms with Crippen molar-refractivity contribution in [3.63, 3.8) is 0 Å². The van der Waals surface area contributed by atoms with Crippen LogP contribution in [0.2, 0.25) is 0 Å². The van der Waals surface area contributed by atoms with Crippen LogP contribution in [0.4, 0.5) is 5.82 Å². The molecule has 0 bridgehead atoms. The van der Waals surface area contributed by atoms with E-state index in [1.54, 1.807) is 0 Å². The van der Waals surface area contributed by atoms with Crippen molar-refractivity contribution in [2.75, 3.05) is 39.0 Å². The minimum absolute atomic E-state index is 0.492. The van der Waals surface area contributed by atoms with Crippen LogP contribution in [0, 0.1) is 0 Å². The van der Waals surface area contributed by atoms with Gasteiger partial charge in [0.2, 0.25) is 0 Å². The topological polar surface area (TPSA) is 50.3 Å². The molecule has 94 valence electrons. The van der Waals surface area contributed by atoms with Gasteiger partial charge in [-0.1, -0.05) is 6.92 Å². The molecule has 17 heavy (non-hydrogen) atoms. The molecule has 1 aromatic heterocycles. The van der Waals surface area contributed by atoms with Crippen molar-refractivity contribution >= 4 is 5.82 Å². The summed E-state index contributed by atoms with van der Waals surface area (Å²) in [5.74, 6) is 0.911. The number of aromatic nitrogens is 2. The Labute approximate surface area is 102 Å². The normalized spacial score (nSPS) is 22.5. The number of likely N-dealkylation sites (N-methyl/N-ethyl adjacent to an activating group) is 2. The lowest BCUT2D eigenvalue weighted by Gasteiger charge is -2.38. The van der Waals surface area contributed by atoms with Gasteiger partial charge >= 0.3 is 0 Å². The van der Waals surface area contributed by atoms with E-state index in [0.717, 1.165) is 45.0 Å². The van der Waals surface area contributed by atoms with Crippen LogP contribution in [0.1, 0.15) is 24.2 Å². The van der Waals surface area contributed by atoms with Crippen molar-refractivity contribution < 1.29 is 0 Å².